The summed E-state index contributed by atoms with van der Waals surface area (Å²) in [6, 6.07) is 25.8. The first-order chi connectivity index (χ1) is 20.5. The molecule has 0 fully saturated rings. The number of esters is 2. The Kier molecular flexibility index (Phi) is 11.5. The molecule has 0 radical (unpaired) electrons. The molecule has 0 saturated heterocycles. The van der Waals surface area contributed by atoms with E-state index < -0.39 is 11.9 Å². The monoisotopic (exact) mass is 568 g/mol. The highest BCUT2D eigenvalue weighted by Gasteiger charge is 2.15. The molecule has 4 aromatic rings. The zero-order valence-electron chi connectivity index (χ0n) is 24.2. The first-order valence-electron chi connectivity index (χ1n) is 14.5. The predicted octanol–water partition coefficient (Wildman–Crippen LogP) is 7.75. The second-order valence-corrected chi connectivity index (χ2v) is 9.96. The highest BCUT2D eigenvalue weighted by Crippen LogP contribution is 2.22. The van der Waals surface area contributed by atoms with Gasteiger partial charge in [-0.15, -0.1) is 0 Å². The molecule has 4 rings (SSSR count). The normalized spacial score (nSPS) is 11.4. The van der Waals surface area contributed by atoms with Crippen LogP contribution in [0.15, 0.2) is 103 Å². The fourth-order valence-corrected chi connectivity index (χ4v) is 4.25. The van der Waals surface area contributed by atoms with Gasteiger partial charge in [-0.1, -0.05) is 45.1 Å². The van der Waals surface area contributed by atoms with Crippen molar-refractivity contribution in [1.82, 2.24) is 0 Å². The first-order valence-corrected chi connectivity index (χ1v) is 14.5. The van der Waals surface area contributed by atoms with Crippen LogP contribution in [0.3, 0.4) is 0 Å². The molecule has 218 valence electrons. The fourth-order valence-electron chi connectivity index (χ4n) is 4.25. The van der Waals surface area contributed by atoms with Crippen LogP contribution in [0.2, 0.25) is 0 Å². The molecule has 7 nitrogen and oxygen atoms in total. The molecule has 1 heterocycles. The van der Waals surface area contributed by atoms with Gasteiger partial charge in [-0.05, 0) is 79.2 Å². The Balaban J connectivity index is 1.21. The van der Waals surface area contributed by atoms with Crippen LogP contribution in [0.1, 0.15) is 79.3 Å². The van der Waals surface area contributed by atoms with Crippen molar-refractivity contribution in [3.05, 3.63) is 115 Å². The van der Waals surface area contributed by atoms with Crippen LogP contribution in [0, 0.1) is 0 Å². The summed E-state index contributed by atoms with van der Waals surface area (Å²) < 4.78 is 24.6. The Morgan fingerprint density at radius 1 is 0.619 bits per heavy atom. The standard InChI is InChI=1S/C35H38NO6/c1-3-4-5-6-7-11-26-39-30-16-12-28(13-17-30)34(37)41-32-20-22-33(23-21-32)42-35(38)29-14-18-31(19-15-29)40-27(2)36-24-9-8-10-25-36/h8-10,12-25,27H,3-7,11,26H2,1-2H3/q+1. The number of pyridine rings is 1. The molecular weight excluding hydrogens is 530 g/mol. The van der Waals surface area contributed by atoms with Crippen LogP contribution in [-0.2, 0) is 0 Å². The van der Waals surface area contributed by atoms with Gasteiger partial charge in [0.1, 0.15) is 23.0 Å². The Labute approximate surface area is 247 Å². The van der Waals surface area contributed by atoms with E-state index in [-0.39, 0.29) is 6.23 Å². The van der Waals surface area contributed by atoms with Crippen LogP contribution < -0.4 is 23.5 Å². The molecule has 0 N–H and O–H groups in total. The van der Waals surface area contributed by atoms with Gasteiger partial charge in [0.25, 0.3) is 6.23 Å². The highest BCUT2D eigenvalue weighted by atomic mass is 16.5. The predicted molar refractivity (Wildman–Crippen MR) is 160 cm³/mol. The van der Waals surface area contributed by atoms with E-state index in [1.807, 2.05) is 42.1 Å². The molecule has 0 amide bonds. The van der Waals surface area contributed by atoms with Crippen molar-refractivity contribution < 1.29 is 33.1 Å². The van der Waals surface area contributed by atoms with Crippen LogP contribution in [-0.4, -0.2) is 18.5 Å². The molecular formula is C35H38NO6+. The second-order valence-electron chi connectivity index (χ2n) is 9.96. The van der Waals surface area contributed by atoms with E-state index in [1.165, 1.54) is 32.1 Å². The van der Waals surface area contributed by atoms with E-state index in [0.717, 1.165) is 12.2 Å². The third-order valence-corrected chi connectivity index (χ3v) is 6.66. The minimum atomic E-state index is -0.504. The molecule has 3 aromatic carbocycles. The lowest BCUT2D eigenvalue weighted by Crippen LogP contribution is -2.39. The topological polar surface area (TPSA) is 74.9 Å². The molecule has 1 atom stereocenters. The Bertz CT molecular complexity index is 1390. The van der Waals surface area contributed by atoms with Crippen LogP contribution in [0.25, 0.3) is 0 Å². The highest BCUT2D eigenvalue weighted by molar-refractivity contribution is 5.92. The van der Waals surface area contributed by atoms with Gasteiger partial charge < -0.3 is 18.9 Å². The van der Waals surface area contributed by atoms with E-state index in [2.05, 4.69) is 6.92 Å². The smallest absolute Gasteiger partial charge is 0.343 e. The molecule has 7 heteroatoms. The van der Waals surface area contributed by atoms with Crippen molar-refractivity contribution in [1.29, 1.82) is 0 Å². The summed E-state index contributed by atoms with van der Waals surface area (Å²) >= 11 is 0. The molecule has 0 bridgehead atoms. The minimum Gasteiger partial charge on any atom is -0.494 e. The van der Waals surface area contributed by atoms with E-state index in [0.29, 0.717) is 35.0 Å². The average molecular weight is 569 g/mol. The maximum atomic E-state index is 12.6. The summed E-state index contributed by atoms with van der Waals surface area (Å²) in [5, 5.41) is 0. The molecule has 1 unspecified atom stereocenters. The van der Waals surface area contributed by atoms with Crippen molar-refractivity contribution >= 4 is 11.9 Å². The van der Waals surface area contributed by atoms with E-state index in [1.54, 1.807) is 72.8 Å². The molecule has 0 aliphatic heterocycles. The summed E-state index contributed by atoms with van der Waals surface area (Å²) in [6.07, 6.45) is 10.9. The second kappa shape index (κ2) is 16.0. The fraction of sp³-hybridized carbons (Fsp3) is 0.286. The lowest BCUT2D eigenvalue weighted by molar-refractivity contribution is -0.750. The van der Waals surface area contributed by atoms with Gasteiger partial charge in [0, 0.05) is 19.1 Å². The number of hydrogen-bond acceptors (Lipinski definition) is 6. The van der Waals surface area contributed by atoms with Crippen molar-refractivity contribution in [2.24, 2.45) is 0 Å². The van der Waals surface area contributed by atoms with Crippen molar-refractivity contribution in [3.8, 4) is 23.0 Å². The largest absolute Gasteiger partial charge is 0.494 e. The SMILES string of the molecule is CCCCCCCCOc1ccc(C(=O)Oc2ccc(OC(=O)c3ccc(OC(C)[n+]4ccccc4)cc3)cc2)cc1. The summed E-state index contributed by atoms with van der Waals surface area (Å²) in [7, 11) is 0. The van der Waals surface area contributed by atoms with Crippen molar-refractivity contribution in [2.45, 2.75) is 58.6 Å². The molecule has 1 aromatic heterocycles. The zero-order chi connectivity index (χ0) is 29.6. The van der Waals surface area contributed by atoms with E-state index >= 15 is 0 Å². The molecule has 0 aliphatic rings. The number of rotatable bonds is 15. The van der Waals surface area contributed by atoms with Gasteiger partial charge in [0.2, 0.25) is 0 Å². The Morgan fingerprint density at radius 2 is 1.10 bits per heavy atom. The summed E-state index contributed by atoms with van der Waals surface area (Å²) in [4.78, 5) is 25.2. The quantitative estimate of drug-likeness (QED) is 0.0632. The summed E-state index contributed by atoms with van der Waals surface area (Å²) in [6.45, 7) is 4.82. The third kappa shape index (κ3) is 9.47. The van der Waals surface area contributed by atoms with E-state index in [4.69, 9.17) is 18.9 Å². The zero-order valence-corrected chi connectivity index (χ0v) is 24.2. The Morgan fingerprint density at radius 3 is 1.64 bits per heavy atom. The van der Waals surface area contributed by atoms with Gasteiger partial charge in [0.05, 0.1) is 17.7 Å². The Hall–Kier alpha value is -4.65. The number of benzene rings is 3. The molecule has 0 aliphatic carbocycles. The molecule has 0 spiro atoms. The minimum absolute atomic E-state index is 0.204. The number of carbonyl (C=O) groups is 2. The van der Waals surface area contributed by atoms with Crippen LogP contribution in [0.4, 0.5) is 0 Å². The maximum Gasteiger partial charge on any atom is 0.343 e. The number of unbranched alkanes of at least 4 members (excludes halogenated alkanes) is 5. The van der Waals surface area contributed by atoms with Gasteiger partial charge in [0.15, 0.2) is 12.4 Å². The van der Waals surface area contributed by atoms with Gasteiger partial charge in [-0.25, -0.2) is 9.59 Å². The van der Waals surface area contributed by atoms with Crippen LogP contribution in [0.5, 0.6) is 23.0 Å². The van der Waals surface area contributed by atoms with Crippen LogP contribution >= 0.6 is 0 Å². The number of nitrogens with zero attached hydrogens (tertiary/aromatic N) is 1. The van der Waals surface area contributed by atoms with Crippen molar-refractivity contribution in [3.63, 3.8) is 0 Å². The maximum absolute atomic E-state index is 12.6. The number of aromatic nitrogens is 1. The van der Waals surface area contributed by atoms with Gasteiger partial charge >= 0.3 is 11.9 Å². The van der Waals surface area contributed by atoms with Gasteiger partial charge in [-0.2, -0.15) is 4.57 Å². The number of hydrogen-bond donors (Lipinski definition) is 0. The first kappa shape index (κ1) is 30.3. The summed E-state index contributed by atoms with van der Waals surface area (Å²) in [5.74, 6) is 1.06. The van der Waals surface area contributed by atoms with Crippen molar-refractivity contribution in [2.75, 3.05) is 6.61 Å². The lowest BCUT2D eigenvalue weighted by atomic mass is 10.1. The third-order valence-electron chi connectivity index (χ3n) is 6.66. The number of ether oxygens (including phenoxy) is 4. The summed E-state index contributed by atoms with van der Waals surface area (Å²) in [5.41, 5.74) is 0.805. The average Bonchev–Trinajstić information content (AvgIpc) is 3.02. The number of carbonyl (C=O) groups excluding carboxylic acids is 2. The lowest BCUT2D eigenvalue weighted by Gasteiger charge is -2.11. The van der Waals surface area contributed by atoms with Gasteiger partial charge in [-0.3, -0.25) is 0 Å². The van der Waals surface area contributed by atoms with E-state index in [9.17, 15) is 9.59 Å². The molecule has 42 heavy (non-hydrogen) atoms. The molecule has 0 saturated carbocycles.